The molecular formula is C22H30N2O3. The van der Waals surface area contributed by atoms with Gasteiger partial charge in [-0.05, 0) is 43.2 Å². The van der Waals surface area contributed by atoms with Gasteiger partial charge in [0.25, 0.3) is 0 Å². The van der Waals surface area contributed by atoms with Crippen molar-refractivity contribution in [3.63, 3.8) is 0 Å². The van der Waals surface area contributed by atoms with Gasteiger partial charge >= 0.3 is 0 Å². The number of amides is 2. The van der Waals surface area contributed by atoms with Crippen LogP contribution in [-0.4, -0.2) is 54.5 Å². The molecule has 2 aliphatic heterocycles. The Morgan fingerprint density at radius 1 is 0.963 bits per heavy atom. The van der Waals surface area contributed by atoms with Gasteiger partial charge in [-0.1, -0.05) is 31.2 Å². The molecule has 4 rings (SSSR count). The van der Waals surface area contributed by atoms with E-state index in [0.29, 0.717) is 32.8 Å². The van der Waals surface area contributed by atoms with E-state index in [1.165, 1.54) is 11.1 Å². The van der Waals surface area contributed by atoms with Gasteiger partial charge in [-0.15, -0.1) is 0 Å². The van der Waals surface area contributed by atoms with Crippen LogP contribution in [0.3, 0.4) is 0 Å². The summed E-state index contributed by atoms with van der Waals surface area (Å²) in [7, 11) is 0. The number of hydrogen-bond acceptors (Lipinski definition) is 3. The summed E-state index contributed by atoms with van der Waals surface area (Å²) in [6.07, 6.45) is 4.74. The molecule has 3 aliphatic rings. The highest BCUT2D eigenvalue weighted by molar-refractivity contribution is 5.84. The fraction of sp³-hybridized carbons (Fsp3) is 0.636. The zero-order valence-corrected chi connectivity index (χ0v) is 16.2. The lowest BCUT2D eigenvalue weighted by atomic mass is 9.87. The molecule has 146 valence electrons. The number of rotatable bonds is 4. The molecule has 5 nitrogen and oxygen atoms in total. The molecule has 0 spiro atoms. The van der Waals surface area contributed by atoms with Crippen molar-refractivity contribution in [1.29, 1.82) is 0 Å². The Balaban J connectivity index is 1.51. The number of likely N-dealkylation sites (tertiary alicyclic amines) is 1. The minimum absolute atomic E-state index is 0.0723. The van der Waals surface area contributed by atoms with Crippen molar-refractivity contribution in [2.45, 2.75) is 45.1 Å². The third-order valence-corrected chi connectivity index (χ3v) is 6.24. The van der Waals surface area contributed by atoms with Crippen molar-refractivity contribution < 1.29 is 14.3 Å². The van der Waals surface area contributed by atoms with E-state index in [-0.39, 0.29) is 29.7 Å². The summed E-state index contributed by atoms with van der Waals surface area (Å²) in [5, 5.41) is 0. The van der Waals surface area contributed by atoms with E-state index in [2.05, 4.69) is 31.2 Å². The highest BCUT2D eigenvalue weighted by Crippen LogP contribution is 2.39. The molecule has 1 aliphatic carbocycles. The molecule has 2 heterocycles. The quantitative estimate of drug-likeness (QED) is 0.819. The Morgan fingerprint density at radius 2 is 1.63 bits per heavy atom. The third kappa shape index (κ3) is 4.03. The van der Waals surface area contributed by atoms with Crippen molar-refractivity contribution in [2.75, 3.05) is 32.8 Å². The average molecular weight is 370 g/mol. The van der Waals surface area contributed by atoms with Crippen LogP contribution in [0.1, 0.15) is 49.8 Å². The van der Waals surface area contributed by atoms with Crippen LogP contribution in [0.25, 0.3) is 0 Å². The molecule has 0 radical (unpaired) electrons. The van der Waals surface area contributed by atoms with Crippen molar-refractivity contribution in [3.8, 4) is 0 Å². The Kier molecular flexibility index (Phi) is 5.48. The maximum atomic E-state index is 13.0. The van der Waals surface area contributed by atoms with Gasteiger partial charge in [0.05, 0.1) is 25.2 Å². The minimum Gasteiger partial charge on any atom is -0.378 e. The van der Waals surface area contributed by atoms with Crippen molar-refractivity contribution in [3.05, 3.63) is 35.4 Å². The molecule has 2 saturated heterocycles. The third-order valence-electron chi connectivity index (χ3n) is 6.24. The highest BCUT2D eigenvalue weighted by Gasteiger charge is 2.42. The van der Waals surface area contributed by atoms with E-state index < -0.39 is 0 Å². The molecule has 2 atom stereocenters. The summed E-state index contributed by atoms with van der Waals surface area (Å²) in [5.41, 5.74) is 2.52. The monoisotopic (exact) mass is 370 g/mol. The predicted molar refractivity (Wildman–Crippen MR) is 103 cm³/mol. The number of piperidine rings is 1. The van der Waals surface area contributed by atoms with Crippen LogP contribution in [0.4, 0.5) is 0 Å². The molecular weight excluding hydrogens is 340 g/mol. The number of hydrogen-bond donors (Lipinski definition) is 0. The molecule has 5 heteroatoms. The Hall–Kier alpha value is -1.88. The van der Waals surface area contributed by atoms with E-state index in [0.717, 1.165) is 32.1 Å². The molecule has 1 aromatic rings. The van der Waals surface area contributed by atoms with Crippen LogP contribution >= 0.6 is 0 Å². The molecule has 0 aromatic heterocycles. The summed E-state index contributed by atoms with van der Waals surface area (Å²) in [6.45, 7) is 5.30. The summed E-state index contributed by atoms with van der Waals surface area (Å²) in [4.78, 5) is 29.9. The number of morpholine rings is 1. The summed E-state index contributed by atoms with van der Waals surface area (Å²) in [5.74, 6) is 0.558. The average Bonchev–Trinajstić information content (AvgIpc) is 3.58. The molecule has 0 bridgehead atoms. The van der Waals surface area contributed by atoms with Crippen molar-refractivity contribution in [1.82, 2.24) is 9.80 Å². The lowest BCUT2D eigenvalue weighted by Crippen LogP contribution is -2.50. The Morgan fingerprint density at radius 3 is 2.26 bits per heavy atom. The second-order valence-corrected chi connectivity index (χ2v) is 8.09. The zero-order valence-electron chi connectivity index (χ0n) is 16.2. The van der Waals surface area contributed by atoms with Crippen LogP contribution in [-0.2, 0) is 20.7 Å². The van der Waals surface area contributed by atoms with E-state index in [1.807, 2.05) is 9.80 Å². The number of ether oxygens (including phenoxy) is 1. The van der Waals surface area contributed by atoms with Gasteiger partial charge < -0.3 is 14.5 Å². The molecule has 1 saturated carbocycles. The molecule has 0 N–H and O–H groups in total. The van der Waals surface area contributed by atoms with E-state index in [4.69, 9.17) is 4.74 Å². The van der Waals surface area contributed by atoms with E-state index in [1.54, 1.807) is 0 Å². The smallest absolute Gasteiger partial charge is 0.227 e. The van der Waals surface area contributed by atoms with E-state index in [9.17, 15) is 9.59 Å². The fourth-order valence-corrected chi connectivity index (χ4v) is 4.34. The number of carbonyl (C=O) groups excluding carboxylic acids is 2. The number of nitrogens with zero attached hydrogens (tertiary/aromatic N) is 2. The van der Waals surface area contributed by atoms with Gasteiger partial charge in [-0.2, -0.15) is 0 Å². The molecule has 27 heavy (non-hydrogen) atoms. The highest BCUT2D eigenvalue weighted by atomic mass is 16.5. The first-order valence-electron chi connectivity index (χ1n) is 10.4. The molecule has 1 aromatic carbocycles. The van der Waals surface area contributed by atoms with Gasteiger partial charge in [0.2, 0.25) is 11.8 Å². The van der Waals surface area contributed by atoms with Gasteiger partial charge in [0.15, 0.2) is 0 Å². The standard InChI is InChI=1S/C22H30N2O3/c1-2-16-3-5-17(6-4-16)20-10-9-19(15-24(20)22(26)18-7-8-18)21(25)23-11-13-27-14-12-23/h3-6,18-20H,2,7-15H2,1H3. The Labute approximate surface area is 161 Å². The van der Waals surface area contributed by atoms with Crippen LogP contribution in [0.5, 0.6) is 0 Å². The van der Waals surface area contributed by atoms with Crippen molar-refractivity contribution in [2.24, 2.45) is 11.8 Å². The topological polar surface area (TPSA) is 49.9 Å². The SMILES string of the molecule is CCc1ccc(C2CCC(C(=O)N3CCOCC3)CN2C(=O)C2CC2)cc1. The zero-order chi connectivity index (χ0) is 18.8. The molecule has 2 amide bonds. The maximum absolute atomic E-state index is 13.0. The van der Waals surface area contributed by atoms with Gasteiger partial charge in [-0.3, -0.25) is 9.59 Å². The minimum atomic E-state index is -0.0723. The predicted octanol–water partition coefficient (Wildman–Crippen LogP) is 2.80. The number of carbonyl (C=O) groups is 2. The lowest BCUT2D eigenvalue weighted by molar-refractivity contribution is -0.146. The second-order valence-electron chi connectivity index (χ2n) is 8.09. The van der Waals surface area contributed by atoms with Gasteiger partial charge in [0, 0.05) is 25.6 Å². The number of aryl methyl sites for hydroxylation is 1. The lowest BCUT2D eigenvalue weighted by Gasteiger charge is -2.41. The van der Waals surface area contributed by atoms with Crippen LogP contribution in [0.15, 0.2) is 24.3 Å². The van der Waals surface area contributed by atoms with Gasteiger partial charge in [0.1, 0.15) is 0 Å². The van der Waals surface area contributed by atoms with Crippen molar-refractivity contribution >= 4 is 11.8 Å². The molecule has 2 unspecified atom stereocenters. The first-order valence-corrected chi connectivity index (χ1v) is 10.4. The largest absolute Gasteiger partial charge is 0.378 e. The number of benzene rings is 1. The van der Waals surface area contributed by atoms with Crippen LogP contribution in [0, 0.1) is 11.8 Å². The first-order chi connectivity index (χ1) is 13.2. The fourth-order valence-electron chi connectivity index (χ4n) is 4.34. The molecule has 3 fully saturated rings. The van der Waals surface area contributed by atoms with E-state index >= 15 is 0 Å². The first kappa shape index (κ1) is 18.5. The van der Waals surface area contributed by atoms with Crippen LogP contribution < -0.4 is 0 Å². The Bertz CT molecular complexity index is 677. The summed E-state index contributed by atoms with van der Waals surface area (Å²) >= 11 is 0. The van der Waals surface area contributed by atoms with Crippen LogP contribution in [0.2, 0.25) is 0 Å². The summed E-state index contributed by atoms with van der Waals surface area (Å²) in [6, 6.07) is 8.78. The maximum Gasteiger partial charge on any atom is 0.227 e. The summed E-state index contributed by atoms with van der Waals surface area (Å²) < 4.78 is 5.37. The normalized spacial score (nSPS) is 26.1. The second kappa shape index (κ2) is 8.01. The van der Waals surface area contributed by atoms with Gasteiger partial charge in [-0.25, -0.2) is 0 Å².